The zero-order valence-corrected chi connectivity index (χ0v) is 19.6. The molecule has 2 amide bonds. The SMILES string of the molecule is CC(C)(C)c1cc(NC(=O)CN(Cc2ccccc2)C(=O)C2CCC2)n(-c2ccccc2)n1. The van der Waals surface area contributed by atoms with Crippen molar-refractivity contribution in [3.05, 3.63) is 78.0 Å². The van der Waals surface area contributed by atoms with E-state index in [0.717, 1.165) is 36.2 Å². The Kier molecular flexibility index (Phi) is 6.63. The lowest BCUT2D eigenvalue weighted by atomic mass is 9.84. The van der Waals surface area contributed by atoms with Crippen LogP contribution in [-0.4, -0.2) is 33.0 Å². The molecule has 3 aromatic rings. The Labute approximate surface area is 195 Å². The summed E-state index contributed by atoms with van der Waals surface area (Å²) < 4.78 is 1.76. The molecule has 1 N–H and O–H groups in total. The maximum absolute atomic E-state index is 13.1. The number of carbonyl (C=O) groups excluding carboxylic acids is 2. The van der Waals surface area contributed by atoms with E-state index in [1.54, 1.807) is 9.58 Å². The van der Waals surface area contributed by atoms with Crippen LogP contribution in [0.3, 0.4) is 0 Å². The fourth-order valence-corrected chi connectivity index (χ4v) is 3.89. The number of hydrogen-bond donors (Lipinski definition) is 1. The van der Waals surface area contributed by atoms with Crippen LogP contribution in [0.5, 0.6) is 0 Å². The maximum Gasteiger partial charge on any atom is 0.245 e. The summed E-state index contributed by atoms with van der Waals surface area (Å²) in [6.45, 7) is 6.71. The molecule has 1 aromatic heterocycles. The molecule has 0 aliphatic heterocycles. The summed E-state index contributed by atoms with van der Waals surface area (Å²) in [4.78, 5) is 27.9. The Morgan fingerprint density at radius 3 is 2.24 bits per heavy atom. The van der Waals surface area contributed by atoms with E-state index in [0.29, 0.717) is 12.4 Å². The quantitative estimate of drug-likeness (QED) is 0.561. The third-order valence-electron chi connectivity index (χ3n) is 6.06. The zero-order valence-electron chi connectivity index (χ0n) is 19.6. The Bertz CT molecular complexity index is 1100. The average molecular weight is 445 g/mol. The fraction of sp³-hybridized carbons (Fsp3) is 0.370. The molecule has 1 heterocycles. The highest BCUT2D eigenvalue weighted by atomic mass is 16.2. The lowest BCUT2D eigenvalue weighted by Gasteiger charge is -2.31. The van der Waals surface area contributed by atoms with Crippen molar-refractivity contribution in [2.45, 2.75) is 52.0 Å². The first-order chi connectivity index (χ1) is 15.8. The summed E-state index contributed by atoms with van der Waals surface area (Å²) in [5.74, 6) is 0.471. The average Bonchev–Trinajstić information content (AvgIpc) is 3.17. The van der Waals surface area contributed by atoms with Gasteiger partial charge in [-0.15, -0.1) is 0 Å². The van der Waals surface area contributed by atoms with Crippen molar-refractivity contribution >= 4 is 17.6 Å². The van der Waals surface area contributed by atoms with Crippen LogP contribution >= 0.6 is 0 Å². The predicted octanol–water partition coefficient (Wildman–Crippen LogP) is 4.94. The molecular weight excluding hydrogens is 412 g/mol. The van der Waals surface area contributed by atoms with Gasteiger partial charge in [-0.2, -0.15) is 5.10 Å². The van der Waals surface area contributed by atoms with Gasteiger partial charge in [0.05, 0.1) is 11.4 Å². The first kappa shape index (κ1) is 22.8. The summed E-state index contributed by atoms with van der Waals surface area (Å²) >= 11 is 0. The highest BCUT2D eigenvalue weighted by Crippen LogP contribution is 2.29. The Balaban J connectivity index is 1.55. The Hall–Kier alpha value is -3.41. The van der Waals surface area contributed by atoms with Gasteiger partial charge in [-0.3, -0.25) is 9.59 Å². The van der Waals surface area contributed by atoms with E-state index in [1.165, 1.54) is 0 Å². The van der Waals surface area contributed by atoms with Crippen molar-refractivity contribution in [3.63, 3.8) is 0 Å². The lowest BCUT2D eigenvalue weighted by Crippen LogP contribution is -2.42. The van der Waals surface area contributed by atoms with Gasteiger partial charge < -0.3 is 10.2 Å². The molecule has 2 aromatic carbocycles. The number of aromatic nitrogens is 2. The minimum absolute atomic E-state index is 0.00898. The molecule has 4 rings (SSSR count). The molecule has 0 unspecified atom stereocenters. The molecule has 0 saturated heterocycles. The van der Waals surface area contributed by atoms with Crippen LogP contribution < -0.4 is 5.32 Å². The largest absolute Gasteiger partial charge is 0.329 e. The monoisotopic (exact) mass is 444 g/mol. The van der Waals surface area contributed by atoms with Crippen molar-refractivity contribution < 1.29 is 9.59 Å². The molecule has 0 spiro atoms. The van der Waals surface area contributed by atoms with E-state index in [2.05, 4.69) is 26.1 Å². The second-order valence-electron chi connectivity index (χ2n) is 9.77. The number of nitrogens with one attached hydrogen (secondary N) is 1. The van der Waals surface area contributed by atoms with Crippen molar-refractivity contribution in [2.75, 3.05) is 11.9 Å². The van der Waals surface area contributed by atoms with E-state index >= 15 is 0 Å². The van der Waals surface area contributed by atoms with Crippen LogP contribution in [0.2, 0.25) is 0 Å². The molecule has 6 nitrogen and oxygen atoms in total. The van der Waals surface area contributed by atoms with E-state index in [4.69, 9.17) is 5.10 Å². The van der Waals surface area contributed by atoms with Crippen molar-refractivity contribution in [1.82, 2.24) is 14.7 Å². The van der Waals surface area contributed by atoms with Crippen LogP contribution in [0.4, 0.5) is 5.82 Å². The van der Waals surface area contributed by atoms with E-state index in [-0.39, 0.29) is 29.7 Å². The van der Waals surface area contributed by atoms with Crippen molar-refractivity contribution in [3.8, 4) is 5.69 Å². The third kappa shape index (κ3) is 5.51. The molecule has 6 heteroatoms. The van der Waals surface area contributed by atoms with Crippen molar-refractivity contribution in [1.29, 1.82) is 0 Å². The first-order valence-corrected chi connectivity index (χ1v) is 11.6. The van der Waals surface area contributed by atoms with Crippen LogP contribution in [0.1, 0.15) is 51.3 Å². The normalized spacial score (nSPS) is 13.9. The summed E-state index contributed by atoms with van der Waals surface area (Å²) in [5.41, 5.74) is 2.60. The molecule has 0 radical (unpaired) electrons. The minimum Gasteiger partial charge on any atom is -0.329 e. The zero-order chi connectivity index (χ0) is 23.4. The number of rotatable bonds is 7. The second kappa shape index (κ2) is 9.61. The number of carbonyl (C=O) groups is 2. The van der Waals surface area contributed by atoms with Gasteiger partial charge in [0.25, 0.3) is 0 Å². The number of nitrogens with zero attached hydrogens (tertiary/aromatic N) is 3. The van der Waals surface area contributed by atoms with Gasteiger partial charge in [0.1, 0.15) is 12.4 Å². The highest BCUT2D eigenvalue weighted by molar-refractivity contribution is 5.94. The van der Waals surface area contributed by atoms with Crippen LogP contribution in [0.15, 0.2) is 66.7 Å². The third-order valence-corrected chi connectivity index (χ3v) is 6.06. The Morgan fingerprint density at radius 1 is 1.03 bits per heavy atom. The number of anilines is 1. The van der Waals surface area contributed by atoms with Gasteiger partial charge in [0.15, 0.2) is 0 Å². The highest BCUT2D eigenvalue weighted by Gasteiger charge is 2.31. The Morgan fingerprint density at radius 2 is 1.67 bits per heavy atom. The molecule has 1 saturated carbocycles. The molecule has 1 fully saturated rings. The van der Waals surface area contributed by atoms with Gasteiger partial charge in [0, 0.05) is 23.9 Å². The molecular formula is C27H32N4O2. The van der Waals surface area contributed by atoms with Crippen LogP contribution in [0.25, 0.3) is 5.69 Å². The van der Waals surface area contributed by atoms with Crippen LogP contribution in [0, 0.1) is 5.92 Å². The lowest BCUT2D eigenvalue weighted by molar-refractivity contribution is -0.141. The summed E-state index contributed by atoms with van der Waals surface area (Å²) in [6.07, 6.45) is 2.89. The second-order valence-corrected chi connectivity index (χ2v) is 9.77. The first-order valence-electron chi connectivity index (χ1n) is 11.6. The summed E-state index contributed by atoms with van der Waals surface area (Å²) in [6, 6.07) is 21.5. The van der Waals surface area contributed by atoms with Gasteiger partial charge in [-0.1, -0.05) is 75.7 Å². The van der Waals surface area contributed by atoms with Gasteiger partial charge >= 0.3 is 0 Å². The van der Waals surface area contributed by atoms with E-state index in [9.17, 15) is 9.59 Å². The van der Waals surface area contributed by atoms with E-state index < -0.39 is 0 Å². The van der Waals surface area contributed by atoms with Gasteiger partial charge in [-0.25, -0.2) is 4.68 Å². The summed E-state index contributed by atoms with van der Waals surface area (Å²) in [5, 5.41) is 7.77. The van der Waals surface area contributed by atoms with Crippen molar-refractivity contribution in [2.24, 2.45) is 5.92 Å². The molecule has 0 atom stereocenters. The number of amides is 2. The van der Waals surface area contributed by atoms with E-state index in [1.807, 2.05) is 66.7 Å². The molecule has 33 heavy (non-hydrogen) atoms. The summed E-state index contributed by atoms with van der Waals surface area (Å²) in [7, 11) is 0. The molecule has 1 aliphatic rings. The minimum atomic E-state index is -0.226. The number of para-hydroxylation sites is 1. The number of hydrogen-bond acceptors (Lipinski definition) is 3. The molecule has 172 valence electrons. The maximum atomic E-state index is 13.1. The fourth-order valence-electron chi connectivity index (χ4n) is 3.89. The predicted molar refractivity (Wildman–Crippen MR) is 130 cm³/mol. The van der Waals surface area contributed by atoms with Gasteiger partial charge in [-0.05, 0) is 30.5 Å². The van der Waals surface area contributed by atoms with Crippen LogP contribution in [-0.2, 0) is 21.5 Å². The molecule has 1 aliphatic carbocycles. The standard InChI is InChI=1S/C27H32N4O2/c1-27(2,3)23-17-24(31(29-23)22-15-8-5-9-16-22)28-25(32)19-30(26(33)21-13-10-14-21)18-20-11-6-4-7-12-20/h4-9,11-12,15-17,21H,10,13-14,18-19H2,1-3H3,(H,28,32). The number of benzene rings is 2. The smallest absolute Gasteiger partial charge is 0.245 e. The molecule has 0 bridgehead atoms. The topological polar surface area (TPSA) is 67.2 Å². The van der Waals surface area contributed by atoms with Gasteiger partial charge in [0.2, 0.25) is 11.8 Å².